The quantitative estimate of drug-likeness (QED) is 0.826. The molecule has 1 N–H and O–H groups in total. The second-order valence-electron chi connectivity index (χ2n) is 4.48. The maximum atomic E-state index is 10.6. The van der Waals surface area contributed by atoms with Crippen LogP contribution in [0, 0.1) is 0 Å². The lowest BCUT2D eigenvalue weighted by Crippen LogP contribution is -2.22. The molecule has 0 radical (unpaired) electrons. The molecule has 0 bridgehead atoms. The normalized spacial score (nSPS) is 14.4. The molecule has 18 heavy (non-hydrogen) atoms. The molecule has 1 aromatic heterocycles. The molecular formula is C14H14BrClOS. The molecule has 0 spiro atoms. The van der Waals surface area contributed by atoms with E-state index in [4.69, 9.17) is 11.6 Å². The summed E-state index contributed by atoms with van der Waals surface area (Å²) < 4.78 is 0.922. The largest absolute Gasteiger partial charge is 0.385 e. The Balaban J connectivity index is 2.14. The van der Waals surface area contributed by atoms with Gasteiger partial charge in [-0.15, -0.1) is 11.3 Å². The molecule has 1 aromatic carbocycles. The van der Waals surface area contributed by atoms with Gasteiger partial charge >= 0.3 is 0 Å². The number of halogens is 2. The van der Waals surface area contributed by atoms with Crippen molar-refractivity contribution in [2.75, 3.05) is 0 Å². The summed E-state index contributed by atoms with van der Waals surface area (Å²) in [7, 11) is 0. The molecule has 1 nitrogen and oxygen atoms in total. The Morgan fingerprint density at radius 2 is 2.17 bits per heavy atom. The van der Waals surface area contributed by atoms with Gasteiger partial charge in [-0.3, -0.25) is 0 Å². The monoisotopic (exact) mass is 344 g/mol. The zero-order valence-corrected chi connectivity index (χ0v) is 13.1. The number of aliphatic hydroxyl groups is 1. The van der Waals surface area contributed by atoms with Crippen molar-refractivity contribution in [1.82, 2.24) is 0 Å². The molecule has 4 heteroatoms. The van der Waals surface area contributed by atoms with Gasteiger partial charge in [-0.1, -0.05) is 39.7 Å². The molecule has 96 valence electrons. The van der Waals surface area contributed by atoms with Crippen molar-refractivity contribution in [2.24, 2.45) is 0 Å². The summed E-state index contributed by atoms with van der Waals surface area (Å²) >= 11 is 11.3. The average Bonchev–Trinajstić information content (AvgIpc) is 2.78. The van der Waals surface area contributed by atoms with Crippen molar-refractivity contribution in [3.8, 4) is 0 Å². The lowest BCUT2D eigenvalue weighted by atomic mass is 9.91. The highest BCUT2D eigenvalue weighted by molar-refractivity contribution is 9.10. The van der Waals surface area contributed by atoms with Crippen LogP contribution in [0.2, 0.25) is 5.02 Å². The summed E-state index contributed by atoms with van der Waals surface area (Å²) in [6.45, 7) is 1.82. The lowest BCUT2D eigenvalue weighted by Gasteiger charge is -2.25. The predicted molar refractivity (Wildman–Crippen MR) is 81.4 cm³/mol. The second-order valence-corrected chi connectivity index (χ2v) is 6.83. The van der Waals surface area contributed by atoms with E-state index in [9.17, 15) is 5.11 Å². The molecule has 2 rings (SSSR count). The Morgan fingerprint density at radius 3 is 2.78 bits per heavy atom. The van der Waals surface area contributed by atoms with Crippen molar-refractivity contribution in [3.63, 3.8) is 0 Å². The van der Waals surface area contributed by atoms with Crippen molar-refractivity contribution < 1.29 is 5.11 Å². The number of hydrogen-bond donors (Lipinski definition) is 1. The van der Waals surface area contributed by atoms with Crippen LogP contribution in [0.5, 0.6) is 0 Å². The van der Waals surface area contributed by atoms with Crippen LogP contribution in [0.1, 0.15) is 23.8 Å². The summed E-state index contributed by atoms with van der Waals surface area (Å²) in [5.41, 5.74) is -0.120. The molecule has 2 aromatic rings. The summed E-state index contributed by atoms with van der Waals surface area (Å²) in [5.74, 6) is 0. The number of benzene rings is 1. The summed E-state index contributed by atoms with van der Waals surface area (Å²) in [6, 6.07) is 9.71. The van der Waals surface area contributed by atoms with Crippen LogP contribution in [0.25, 0.3) is 0 Å². The highest BCUT2D eigenvalue weighted by Gasteiger charge is 2.25. The highest BCUT2D eigenvalue weighted by atomic mass is 79.9. The van der Waals surface area contributed by atoms with Crippen LogP contribution in [-0.4, -0.2) is 5.11 Å². The first-order chi connectivity index (χ1) is 8.49. The van der Waals surface area contributed by atoms with Gasteiger partial charge in [0.1, 0.15) is 0 Å². The number of thiophene rings is 1. The molecule has 1 heterocycles. The predicted octanol–water partition coefficient (Wildman–Crippen LogP) is 5.00. The zero-order valence-electron chi connectivity index (χ0n) is 9.99. The topological polar surface area (TPSA) is 20.2 Å². The van der Waals surface area contributed by atoms with Gasteiger partial charge in [0.25, 0.3) is 0 Å². The molecule has 0 aliphatic rings. The van der Waals surface area contributed by atoms with E-state index in [1.54, 1.807) is 11.3 Å². The van der Waals surface area contributed by atoms with E-state index < -0.39 is 5.60 Å². The summed E-state index contributed by atoms with van der Waals surface area (Å²) in [5, 5.41) is 13.2. The van der Waals surface area contributed by atoms with Crippen molar-refractivity contribution in [2.45, 2.75) is 25.4 Å². The minimum atomic E-state index is -0.901. The molecule has 1 atom stereocenters. The van der Waals surface area contributed by atoms with Gasteiger partial charge in [0, 0.05) is 19.9 Å². The number of rotatable bonds is 4. The van der Waals surface area contributed by atoms with Gasteiger partial charge in [-0.2, -0.15) is 0 Å². The molecular weight excluding hydrogens is 332 g/mol. The fourth-order valence-corrected chi connectivity index (χ4v) is 3.47. The zero-order chi connectivity index (χ0) is 13.2. The fourth-order valence-electron chi connectivity index (χ4n) is 1.88. The Labute approximate surface area is 125 Å². The highest BCUT2D eigenvalue weighted by Crippen LogP contribution is 2.33. The lowest BCUT2D eigenvalue weighted by molar-refractivity contribution is 0.0484. The number of hydrogen-bond acceptors (Lipinski definition) is 2. The third kappa shape index (κ3) is 3.35. The van der Waals surface area contributed by atoms with Crippen molar-refractivity contribution >= 4 is 38.9 Å². The van der Waals surface area contributed by atoms with Crippen LogP contribution in [0.3, 0.4) is 0 Å². The first kappa shape index (κ1) is 14.1. The van der Waals surface area contributed by atoms with Gasteiger partial charge in [0.15, 0.2) is 0 Å². The van der Waals surface area contributed by atoms with Crippen LogP contribution in [0.15, 0.2) is 40.2 Å². The SMILES string of the molecule is CC(O)(CCc1cccs1)c1ccc(Br)cc1Cl. The van der Waals surface area contributed by atoms with E-state index in [0.717, 1.165) is 16.5 Å². The van der Waals surface area contributed by atoms with Crippen molar-refractivity contribution in [3.05, 3.63) is 55.6 Å². The van der Waals surface area contributed by atoms with Gasteiger partial charge in [-0.25, -0.2) is 0 Å². The molecule has 0 amide bonds. The molecule has 1 unspecified atom stereocenters. The summed E-state index contributed by atoms with van der Waals surface area (Å²) in [6.07, 6.45) is 1.52. The smallest absolute Gasteiger partial charge is 0.0886 e. The van der Waals surface area contributed by atoms with E-state index in [2.05, 4.69) is 27.4 Å². The minimum Gasteiger partial charge on any atom is -0.385 e. The maximum Gasteiger partial charge on any atom is 0.0886 e. The standard InChI is InChI=1S/C14H14BrClOS/c1-14(17,7-6-11-3-2-8-18-11)12-5-4-10(15)9-13(12)16/h2-5,8-9,17H,6-7H2,1H3. The van der Waals surface area contributed by atoms with E-state index in [0.29, 0.717) is 11.4 Å². The second kappa shape index (κ2) is 5.74. The van der Waals surface area contributed by atoms with Crippen LogP contribution in [0.4, 0.5) is 0 Å². The molecule has 0 aliphatic carbocycles. The van der Waals surface area contributed by atoms with Gasteiger partial charge in [-0.05, 0) is 43.3 Å². The van der Waals surface area contributed by atoms with E-state index in [-0.39, 0.29) is 0 Å². The molecule has 0 saturated carbocycles. The van der Waals surface area contributed by atoms with E-state index >= 15 is 0 Å². The molecule has 0 fully saturated rings. The third-order valence-corrected chi connectivity index (χ3v) is 4.69. The van der Waals surface area contributed by atoms with Gasteiger partial charge in [0.2, 0.25) is 0 Å². The first-order valence-corrected chi connectivity index (χ1v) is 7.74. The van der Waals surface area contributed by atoms with Gasteiger partial charge in [0.05, 0.1) is 5.60 Å². The first-order valence-electron chi connectivity index (χ1n) is 5.69. The summed E-state index contributed by atoms with van der Waals surface area (Å²) in [4.78, 5) is 1.28. The number of aryl methyl sites for hydroxylation is 1. The van der Waals surface area contributed by atoms with E-state index in [1.807, 2.05) is 31.2 Å². The third-order valence-electron chi connectivity index (χ3n) is 2.95. The maximum absolute atomic E-state index is 10.6. The van der Waals surface area contributed by atoms with Crippen LogP contribution in [-0.2, 0) is 12.0 Å². The Morgan fingerprint density at radius 1 is 1.39 bits per heavy atom. The minimum absolute atomic E-state index is 0.598. The van der Waals surface area contributed by atoms with Crippen molar-refractivity contribution in [1.29, 1.82) is 0 Å². The molecule has 0 saturated heterocycles. The Hall–Kier alpha value is -0.350. The average molecular weight is 346 g/mol. The van der Waals surface area contributed by atoms with Crippen LogP contribution >= 0.6 is 38.9 Å². The Kier molecular flexibility index (Phi) is 4.49. The van der Waals surface area contributed by atoms with Crippen LogP contribution < -0.4 is 0 Å². The fraction of sp³-hybridized carbons (Fsp3) is 0.286. The molecule has 0 aliphatic heterocycles. The van der Waals surface area contributed by atoms with Gasteiger partial charge < -0.3 is 5.11 Å². The Bertz CT molecular complexity index is 523. The van der Waals surface area contributed by atoms with E-state index in [1.165, 1.54) is 4.88 Å².